The van der Waals surface area contributed by atoms with Gasteiger partial charge in [0.2, 0.25) is 0 Å². The normalized spacial score (nSPS) is 13.9. The molecule has 0 saturated carbocycles. The first-order chi connectivity index (χ1) is 10.6. The molecule has 1 aliphatic heterocycles. The highest BCUT2D eigenvalue weighted by Crippen LogP contribution is 2.20. The zero-order valence-electron chi connectivity index (χ0n) is 12.2. The minimum absolute atomic E-state index is 0.176. The van der Waals surface area contributed by atoms with E-state index in [1.807, 2.05) is 31.2 Å². The number of hydrogen-bond acceptors (Lipinski definition) is 3. The fourth-order valence-corrected chi connectivity index (χ4v) is 2.33. The van der Waals surface area contributed by atoms with E-state index in [4.69, 9.17) is 4.74 Å². The van der Waals surface area contributed by atoms with Crippen LogP contribution in [0.15, 0.2) is 48.5 Å². The van der Waals surface area contributed by atoms with Crippen LogP contribution in [0.3, 0.4) is 0 Å². The third-order valence-electron chi connectivity index (χ3n) is 3.60. The Morgan fingerprint density at radius 2 is 1.86 bits per heavy atom. The van der Waals surface area contributed by atoms with Crippen molar-refractivity contribution in [1.82, 2.24) is 0 Å². The van der Waals surface area contributed by atoms with Gasteiger partial charge in [0.1, 0.15) is 6.61 Å². The second-order valence-corrected chi connectivity index (χ2v) is 5.08. The van der Waals surface area contributed by atoms with Crippen LogP contribution in [0.25, 0.3) is 0 Å². The van der Waals surface area contributed by atoms with E-state index in [0.717, 1.165) is 16.9 Å². The molecule has 0 aromatic heterocycles. The Morgan fingerprint density at radius 3 is 2.50 bits per heavy atom. The molecule has 1 fully saturated rings. The van der Waals surface area contributed by atoms with Crippen LogP contribution in [0.4, 0.5) is 16.2 Å². The van der Waals surface area contributed by atoms with Gasteiger partial charge in [-0.2, -0.15) is 0 Å². The molecule has 5 nitrogen and oxygen atoms in total. The van der Waals surface area contributed by atoms with Crippen LogP contribution in [0.5, 0.6) is 0 Å². The number of para-hydroxylation sites is 1. The predicted molar refractivity (Wildman–Crippen MR) is 84.3 cm³/mol. The predicted octanol–water partition coefficient (Wildman–Crippen LogP) is 3.20. The molecular formula is C17H16N2O3. The molecule has 2 aromatic rings. The number of carbonyl (C=O) groups excluding carboxylic acids is 2. The van der Waals surface area contributed by atoms with Crippen molar-refractivity contribution >= 4 is 23.4 Å². The third kappa shape index (κ3) is 2.79. The van der Waals surface area contributed by atoms with Gasteiger partial charge in [-0.3, -0.25) is 9.69 Å². The quantitative estimate of drug-likeness (QED) is 0.946. The molecule has 5 heteroatoms. The zero-order chi connectivity index (χ0) is 15.5. The Morgan fingerprint density at radius 1 is 1.14 bits per heavy atom. The number of benzene rings is 2. The van der Waals surface area contributed by atoms with E-state index in [9.17, 15) is 9.59 Å². The Balaban J connectivity index is 1.74. The maximum Gasteiger partial charge on any atom is 0.414 e. The summed E-state index contributed by atoms with van der Waals surface area (Å²) in [6.45, 7) is 2.87. The fraction of sp³-hybridized carbons (Fsp3) is 0.176. The van der Waals surface area contributed by atoms with E-state index in [-0.39, 0.29) is 12.0 Å². The lowest BCUT2D eigenvalue weighted by Gasteiger charge is -2.13. The van der Waals surface area contributed by atoms with Crippen LogP contribution in [0, 0.1) is 6.92 Å². The number of carbonyl (C=O) groups is 2. The van der Waals surface area contributed by atoms with Crippen molar-refractivity contribution in [2.75, 3.05) is 23.4 Å². The Kier molecular flexibility index (Phi) is 3.78. The van der Waals surface area contributed by atoms with Crippen LogP contribution < -0.4 is 10.2 Å². The van der Waals surface area contributed by atoms with Crippen molar-refractivity contribution in [3.63, 3.8) is 0 Å². The van der Waals surface area contributed by atoms with Gasteiger partial charge in [-0.25, -0.2) is 4.79 Å². The first-order valence-corrected chi connectivity index (χ1v) is 7.06. The van der Waals surface area contributed by atoms with Crippen LogP contribution in [0.1, 0.15) is 15.9 Å². The number of cyclic esters (lactones) is 1. The van der Waals surface area contributed by atoms with Gasteiger partial charge in [-0.15, -0.1) is 0 Å². The molecule has 1 heterocycles. The van der Waals surface area contributed by atoms with Crippen molar-refractivity contribution in [2.24, 2.45) is 0 Å². The number of nitrogens with zero attached hydrogens (tertiary/aromatic N) is 1. The van der Waals surface area contributed by atoms with Crippen LogP contribution in [-0.2, 0) is 4.74 Å². The molecule has 1 N–H and O–H groups in total. The summed E-state index contributed by atoms with van der Waals surface area (Å²) in [5.74, 6) is -0.176. The summed E-state index contributed by atoms with van der Waals surface area (Å²) in [4.78, 5) is 25.3. The summed E-state index contributed by atoms with van der Waals surface area (Å²) >= 11 is 0. The SMILES string of the molecule is Cc1ccccc1NC(=O)c1ccc(N2CCOC2=O)cc1. The summed E-state index contributed by atoms with van der Waals surface area (Å²) in [5, 5.41) is 2.88. The van der Waals surface area contributed by atoms with Gasteiger partial charge in [0.05, 0.1) is 6.54 Å². The van der Waals surface area contributed by atoms with Gasteiger partial charge in [-0.1, -0.05) is 18.2 Å². The van der Waals surface area contributed by atoms with Crippen molar-refractivity contribution < 1.29 is 14.3 Å². The molecule has 0 bridgehead atoms. The minimum atomic E-state index is -0.350. The van der Waals surface area contributed by atoms with E-state index in [1.54, 1.807) is 29.2 Å². The number of rotatable bonds is 3. The third-order valence-corrected chi connectivity index (χ3v) is 3.60. The van der Waals surface area contributed by atoms with Crippen LogP contribution in [0.2, 0.25) is 0 Å². The number of anilines is 2. The topological polar surface area (TPSA) is 58.6 Å². The summed E-state index contributed by atoms with van der Waals surface area (Å²) in [6, 6.07) is 14.5. The number of aryl methyl sites for hydroxylation is 1. The smallest absolute Gasteiger partial charge is 0.414 e. The number of amides is 2. The van der Waals surface area contributed by atoms with Gasteiger partial charge in [-0.05, 0) is 42.8 Å². The molecular weight excluding hydrogens is 280 g/mol. The molecule has 0 unspecified atom stereocenters. The molecule has 1 aliphatic rings. The van der Waals surface area contributed by atoms with E-state index in [1.165, 1.54) is 0 Å². The lowest BCUT2D eigenvalue weighted by molar-refractivity contribution is 0.102. The minimum Gasteiger partial charge on any atom is -0.447 e. The van der Waals surface area contributed by atoms with Gasteiger partial charge >= 0.3 is 6.09 Å². The lowest BCUT2D eigenvalue weighted by Crippen LogP contribution is -2.23. The van der Waals surface area contributed by atoms with Gasteiger partial charge in [0.15, 0.2) is 0 Å². The maximum absolute atomic E-state index is 12.2. The van der Waals surface area contributed by atoms with Gasteiger partial charge < -0.3 is 10.1 Å². The van der Waals surface area contributed by atoms with Crippen LogP contribution >= 0.6 is 0 Å². The second-order valence-electron chi connectivity index (χ2n) is 5.08. The molecule has 3 rings (SSSR count). The number of ether oxygens (including phenoxy) is 1. The Bertz CT molecular complexity index is 710. The molecule has 1 saturated heterocycles. The standard InChI is InChI=1S/C17H16N2O3/c1-12-4-2-3-5-15(12)18-16(20)13-6-8-14(9-7-13)19-10-11-22-17(19)21/h2-9H,10-11H2,1H3,(H,18,20). The van der Waals surface area contributed by atoms with E-state index >= 15 is 0 Å². The molecule has 0 atom stereocenters. The largest absolute Gasteiger partial charge is 0.447 e. The van der Waals surface area contributed by atoms with Crippen LogP contribution in [-0.4, -0.2) is 25.2 Å². The van der Waals surface area contributed by atoms with Gasteiger partial charge in [0.25, 0.3) is 5.91 Å². The number of hydrogen-bond donors (Lipinski definition) is 1. The molecule has 0 aliphatic carbocycles. The summed E-state index contributed by atoms with van der Waals surface area (Å²) < 4.78 is 4.90. The second kappa shape index (κ2) is 5.89. The highest BCUT2D eigenvalue weighted by molar-refractivity contribution is 6.05. The maximum atomic E-state index is 12.2. The molecule has 2 aromatic carbocycles. The molecule has 22 heavy (non-hydrogen) atoms. The number of nitrogens with one attached hydrogen (secondary N) is 1. The van der Waals surface area contributed by atoms with Gasteiger partial charge in [0, 0.05) is 16.9 Å². The molecule has 112 valence electrons. The highest BCUT2D eigenvalue weighted by Gasteiger charge is 2.23. The first-order valence-electron chi connectivity index (χ1n) is 7.06. The fourth-order valence-electron chi connectivity index (χ4n) is 2.33. The van der Waals surface area contributed by atoms with Crippen molar-refractivity contribution in [3.8, 4) is 0 Å². The van der Waals surface area contributed by atoms with E-state index < -0.39 is 0 Å². The monoisotopic (exact) mass is 296 g/mol. The van der Waals surface area contributed by atoms with Crippen molar-refractivity contribution in [2.45, 2.75) is 6.92 Å². The lowest BCUT2D eigenvalue weighted by atomic mass is 10.1. The average Bonchev–Trinajstić information content (AvgIpc) is 2.96. The van der Waals surface area contributed by atoms with E-state index in [0.29, 0.717) is 18.7 Å². The Labute approximate surface area is 128 Å². The molecule has 2 amide bonds. The summed E-state index contributed by atoms with van der Waals surface area (Å²) in [6.07, 6.45) is -0.350. The van der Waals surface area contributed by atoms with Crippen molar-refractivity contribution in [3.05, 3.63) is 59.7 Å². The average molecular weight is 296 g/mol. The van der Waals surface area contributed by atoms with E-state index in [2.05, 4.69) is 5.32 Å². The van der Waals surface area contributed by atoms with Crippen molar-refractivity contribution in [1.29, 1.82) is 0 Å². The molecule has 0 radical (unpaired) electrons. The summed E-state index contributed by atoms with van der Waals surface area (Å²) in [5.41, 5.74) is 3.07. The highest BCUT2D eigenvalue weighted by atomic mass is 16.6. The first kappa shape index (κ1) is 14.1. The zero-order valence-corrected chi connectivity index (χ0v) is 12.2. The summed E-state index contributed by atoms with van der Waals surface area (Å²) in [7, 11) is 0. The molecule has 0 spiro atoms. The Hall–Kier alpha value is -2.82.